The number of aromatic nitrogens is 2. The zero-order valence-electron chi connectivity index (χ0n) is 10.1. The summed E-state index contributed by atoms with van der Waals surface area (Å²) in [6, 6.07) is 7.69. The van der Waals surface area contributed by atoms with Crippen molar-refractivity contribution in [1.29, 1.82) is 0 Å². The van der Waals surface area contributed by atoms with Crippen LogP contribution in [0, 0.1) is 0 Å². The number of hydrogen-bond donors (Lipinski definition) is 1. The van der Waals surface area contributed by atoms with Gasteiger partial charge in [-0.05, 0) is 25.7 Å². The molecule has 17 heavy (non-hydrogen) atoms. The highest BCUT2D eigenvalue weighted by Gasteiger charge is 2.09. The van der Waals surface area contributed by atoms with E-state index in [-0.39, 0.29) is 0 Å². The first-order valence-corrected chi connectivity index (χ1v) is 5.44. The lowest BCUT2D eigenvalue weighted by atomic mass is 10.1. The van der Waals surface area contributed by atoms with Crippen LogP contribution in [0.4, 0.5) is 5.69 Å². The molecule has 0 fully saturated rings. The maximum atomic E-state index is 5.86. The molecule has 0 saturated carbocycles. The zero-order chi connectivity index (χ0) is 12.3. The standard InChI is InChI=1S/C12H16N4O/c1-16(2)8-11-14-12(17-15-11)7-9-5-3-4-6-10(9)13/h3-6H,7-8,13H2,1-2H3. The predicted octanol–water partition coefficient (Wildman–Crippen LogP) is 1.30. The minimum Gasteiger partial charge on any atom is -0.398 e. The third-order valence-electron chi connectivity index (χ3n) is 2.36. The molecule has 0 amide bonds. The Hall–Kier alpha value is -1.88. The molecule has 5 heteroatoms. The molecule has 0 aliphatic rings. The van der Waals surface area contributed by atoms with E-state index in [9.17, 15) is 0 Å². The molecule has 0 unspecified atom stereocenters. The topological polar surface area (TPSA) is 68.2 Å². The third-order valence-corrected chi connectivity index (χ3v) is 2.36. The second-order valence-electron chi connectivity index (χ2n) is 4.22. The van der Waals surface area contributed by atoms with Crippen molar-refractivity contribution in [3.63, 3.8) is 0 Å². The highest BCUT2D eigenvalue weighted by molar-refractivity contribution is 5.47. The van der Waals surface area contributed by atoms with Gasteiger partial charge in [-0.3, -0.25) is 0 Å². The van der Waals surface area contributed by atoms with Crippen LogP contribution in [-0.4, -0.2) is 29.1 Å². The average Bonchev–Trinajstić information content (AvgIpc) is 2.68. The lowest BCUT2D eigenvalue weighted by molar-refractivity contribution is 0.352. The summed E-state index contributed by atoms with van der Waals surface area (Å²) in [7, 11) is 3.93. The van der Waals surface area contributed by atoms with E-state index in [0.717, 1.165) is 11.3 Å². The molecule has 2 rings (SSSR count). The van der Waals surface area contributed by atoms with Crippen LogP contribution in [0.25, 0.3) is 0 Å². The Morgan fingerprint density at radius 3 is 2.76 bits per heavy atom. The highest BCUT2D eigenvalue weighted by Crippen LogP contribution is 2.14. The van der Waals surface area contributed by atoms with E-state index < -0.39 is 0 Å². The van der Waals surface area contributed by atoms with Gasteiger partial charge in [0.1, 0.15) is 0 Å². The molecule has 1 aromatic carbocycles. The van der Waals surface area contributed by atoms with Crippen molar-refractivity contribution in [2.24, 2.45) is 0 Å². The van der Waals surface area contributed by atoms with Crippen LogP contribution in [-0.2, 0) is 13.0 Å². The first-order valence-electron chi connectivity index (χ1n) is 5.44. The van der Waals surface area contributed by atoms with Crippen molar-refractivity contribution in [2.75, 3.05) is 19.8 Å². The quantitative estimate of drug-likeness (QED) is 0.805. The second-order valence-corrected chi connectivity index (χ2v) is 4.22. The van der Waals surface area contributed by atoms with Crippen molar-refractivity contribution in [1.82, 2.24) is 15.0 Å². The molecule has 2 aromatic rings. The van der Waals surface area contributed by atoms with Crippen LogP contribution in [0.2, 0.25) is 0 Å². The van der Waals surface area contributed by atoms with Gasteiger partial charge in [0.2, 0.25) is 5.89 Å². The van der Waals surface area contributed by atoms with Crippen LogP contribution < -0.4 is 5.73 Å². The molecule has 90 valence electrons. The molecular formula is C12H16N4O. The fourth-order valence-electron chi connectivity index (χ4n) is 1.57. The predicted molar refractivity (Wildman–Crippen MR) is 65.3 cm³/mol. The molecule has 0 atom stereocenters. The van der Waals surface area contributed by atoms with Gasteiger partial charge in [-0.1, -0.05) is 23.4 Å². The Labute approximate surface area is 100 Å². The van der Waals surface area contributed by atoms with E-state index in [4.69, 9.17) is 10.3 Å². The Balaban J connectivity index is 2.09. The van der Waals surface area contributed by atoms with Crippen LogP contribution in [0.1, 0.15) is 17.3 Å². The summed E-state index contributed by atoms with van der Waals surface area (Å²) >= 11 is 0. The Morgan fingerprint density at radius 1 is 1.29 bits per heavy atom. The molecule has 0 saturated heterocycles. The lowest BCUT2D eigenvalue weighted by Gasteiger charge is -2.03. The Kier molecular flexibility index (Phi) is 3.39. The van der Waals surface area contributed by atoms with Crippen LogP contribution >= 0.6 is 0 Å². The van der Waals surface area contributed by atoms with Gasteiger partial charge in [-0.15, -0.1) is 0 Å². The summed E-state index contributed by atoms with van der Waals surface area (Å²) in [5.74, 6) is 1.29. The van der Waals surface area contributed by atoms with E-state index in [2.05, 4.69) is 10.1 Å². The number of rotatable bonds is 4. The first kappa shape index (κ1) is 11.6. The van der Waals surface area contributed by atoms with E-state index in [0.29, 0.717) is 24.7 Å². The number of nitrogen functional groups attached to an aromatic ring is 1. The Morgan fingerprint density at radius 2 is 2.06 bits per heavy atom. The summed E-state index contributed by atoms with van der Waals surface area (Å²) in [6.45, 7) is 0.674. The molecular weight excluding hydrogens is 216 g/mol. The number of hydrogen-bond acceptors (Lipinski definition) is 5. The molecule has 0 spiro atoms. The molecule has 0 aliphatic carbocycles. The highest BCUT2D eigenvalue weighted by atomic mass is 16.5. The van der Waals surface area contributed by atoms with Crippen LogP contribution in [0.3, 0.4) is 0 Å². The zero-order valence-corrected chi connectivity index (χ0v) is 10.1. The SMILES string of the molecule is CN(C)Cc1noc(Cc2ccccc2N)n1. The first-order chi connectivity index (χ1) is 8.15. The monoisotopic (exact) mass is 232 g/mol. The molecule has 0 aliphatic heterocycles. The molecule has 0 radical (unpaired) electrons. The summed E-state index contributed by atoms with van der Waals surface area (Å²) < 4.78 is 5.18. The van der Waals surface area contributed by atoms with E-state index >= 15 is 0 Å². The maximum Gasteiger partial charge on any atom is 0.231 e. The van der Waals surface area contributed by atoms with E-state index in [1.807, 2.05) is 43.3 Å². The minimum atomic E-state index is 0.576. The number of nitrogens with zero attached hydrogens (tertiary/aromatic N) is 3. The third kappa shape index (κ3) is 3.04. The molecule has 1 heterocycles. The van der Waals surface area contributed by atoms with E-state index in [1.54, 1.807) is 0 Å². The van der Waals surface area contributed by atoms with Gasteiger partial charge in [0.05, 0.1) is 13.0 Å². The van der Waals surface area contributed by atoms with Crippen molar-refractivity contribution in [2.45, 2.75) is 13.0 Å². The lowest BCUT2D eigenvalue weighted by Crippen LogP contribution is -2.11. The number of benzene rings is 1. The smallest absolute Gasteiger partial charge is 0.231 e. The molecule has 1 aromatic heterocycles. The largest absolute Gasteiger partial charge is 0.398 e. The Bertz CT molecular complexity index is 493. The van der Waals surface area contributed by atoms with Gasteiger partial charge in [0.15, 0.2) is 5.82 Å². The normalized spacial score (nSPS) is 11.0. The van der Waals surface area contributed by atoms with Gasteiger partial charge in [-0.2, -0.15) is 4.98 Å². The van der Waals surface area contributed by atoms with Gasteiger partial charge in [-0.25, -0.2) is 0 Å². The van der Waals surface area contributed by atoms with Gasteiger partial charge >= 0.3 is 0 Å². The average molecular weight is 232 g/mol. The van der Waals surface area contributed by atoms with E-state index in [1.165, 1.54) is 0 Å². The summed E-state index contributed by atoms with van der Waals surface area (Å²) in [6.07, 6.45) is 0.576. The van der Waals surface area contributed by atoms with Crippen molar-refractivity contribution in [3.8, 4) is 0 Å². The van der Waals surface area contributed by atoms with Crippen molar-refractivity contribution in [3.05, 3.63) is 41.5 Å². The summed E-state index contributed by atoms with van der Waals surface area (Å²) in [5.41, 5.74) is 7.61. The molecule has 2 N–H and O–H groups in total. The summed E-state index contributed by atoms with van der Waals surface area (Å²) in [5, 5.41) is 3.91. The summed E-state index contributed by atoms with van der Waals surface area (Å²) in [4.78, 5) is 6.30. The van der Waals surface area contributed by atoms with Crippen LogP contribution in [0.5, 0.6) is 0 Å². The number of para-hydroxylation sites is 1. The van der Waals surface area contributed by atoms with Crippen molar-refractivity contribution < 1.29 is 4.52 Å². The fourth-order valence-corrected chi connectivity index (χ4v) is 1.57. The van der Waals surface area contributed by atoms with Crippen molar-refractivity contribution >= 4 is 5.69 Å². The van der Waals surface area contributed by atoms with Gasteiger partial charge in [0, 0.05) is 5.69 Å². The van der Waals surface area contributed by atoms with Gasteiger partial charge < -0.3 is 15.2 Å². The second kappa shape index (κ2) is 4.97. The van der Waals surface area contributed by atoms with Crippen LogP contribution in [0.15, 0.2) is 28.8 Å². The minimum absolute atomic E-state index is 0.576. The molecule has 0 bridgehead atoms. The van der Waals surface area contributed by atoms with Gasteiger partial charge in [0.25, 0.3) is 0 Å². The number of nitrogens with two attached hydrogens (primary N) is 1. The number of anilines is 1. The maximum absolute atomic E-state index is 5.86. The fraction of sp³-hybridized carbons (Fsp3) is 0.333. The molecule has 5 nitrogen and oxygen atoms in total.